The Kier molecular flexibility index (Phi) is 6.67. The van der Waals surface area contributed by atoms with Gasteiger partial charge in [-0.05, 0) is 49.2 Å². The number of hydrogen-bond acceptors (Lipinski definition) is 4. The van der Waals surface area contributed by atoms with Crippen molar-refractivity contribution in [3.63, 3.8) is 0 Å². The summed E-state index contributed by atoms with van der Waals surface area (Å²) in [6.45, 7) is 2.41. The summed E-state index contributed by atoms with van der Waals surface area (Å²) in [6.07, 6.45) is -1.74. The second-order valence-corrected chi connectivity index (χ2v) is 10.3. The first-order valence-corrected chi connectivity index (χ1v) is 12.4. The number of alkyl halides is 3. The number of piperazine rings is 1. The Balaban J connectivity index is 1.44. The number of carbonyl (C=O) groups excluding carboxylic acids is 1. The first-order chi connectivity index (χ1) is 15.7. The number of hydrogen-bond donors (Lipinski definition) is 0. The van der Waals surface area contributed by atoms with E-state index < -0.39 is 21.8 Å². The molecular weight excluding hydrogens is 455 g/mol. The van der Waals surface area contributed by atoms with Crippen molar-refractivity contribution in [2.45, 2.75) is 30.3 Å². The Morgan fingerprint density at radius 3 is 2.15 bits per heavy atom. The van der Waals surface area contributed by atoms with Crippen LogP contribution in [0.25, 0.3) is 0 Å². The Morgan fingerprint density at radius 1 is 0.818 bits per heavy atom. The predicted molar refractivity (Wildman–Crippen MR) is 119 cm³/mol. The Labute approximate surface area is 191 Å². The second-order valence-electron chi connectivity index (χ2n) is 8.32. The van der Waals surface area contributed by atoms with Crippen molar-refractivity contribution in [3.8, 4) is 0 Å². The Morgan fingerprint density at radius 2 is 1.48 bits per heavy atom. The normalized spacial score (nSPS) is 18.4. The van der Waals surface area contributed by atoms with Gasteiger partial charge in [-0.15, -0.1) is 0 Å². The molecule has 0 aliphatic carbocycles. The SMILES string of the molecule is O=C(c1cccc(S(=O)(=O)N2CCCCC2)c1)N1CCN(c2cccc(C(F)(F)F)c2)CC1. The third-order valence-corrected chi connectivity index (χ3v) is 8.03. The first kappa shape index (κ1) is 23.6. The van der Waals surface area contributed by atoms with Crippen LogP contribution in [0.2, 0.25) is 0 Å². The van der Waals surface area contributed by atoms with Crippen LogP contribution in [0.15, 0.2) is 53.4 Å². The van der Waals surface area contributed by atoms with E-state index in [1.54, 1.807) is 23.1 Å². The van der Waals surface area contributed by atoms with Crippen LogP contribution in [0.1, 0.15) is 35.2 Å². The molecular formula is C23H26F3N3O3S. The first-order valence-electron chi connectivity index (χ1n) is 11.0. The fourth-order valence-corrected chi connectivity index (χ4v) is 5.84. The fraction of sp³-hybridized carbons (Fsp3) is 0.435. The summed E-state index contributed by atoms with van der Waals surface area (Å²) in [6, 6.07) is 11.3. The smallest absolute Gasteiger partial charge is 0.368 e. The highest BCUT2D eigenvalue weighted by Gasteiger charge is 2.32. The predicted octanol–water partition coefficient (Wildman–Crippen LogP) is 3.84. The summed E-state index contributed by atoms with van der Waals surface area (Å²) < 4.78 is 66.4. The van der Waals surface area contributed by atoms with Crippen LogP contribution in [-0.4, -0.2) is 62.8 Å². The van der Waals surface area contributed by atoms with Crippen LogP contribution in [0.3, 0.4) is 0 Å². The third-order valence-electron chi connectivity index (χ3n) is 6.14. The number of sulfonamides is 1. The van der Waals surface area contributed by atoms with Crippen molar-refractivity contribution >= 4 is 21.6 Å². The molecule has 2 aliphatic heterocycles. The molecule has 4 rings (SSSR count). The molecule has 1 amide bonds. The highest BCUT2D eigenvalue weighted by Crippen LogP contribution is 2.32. The molecule has 2 fully saturated rings. The molecule has 2 saturated heterocycles. The lowest BCUT2D eigenvalue weighted by Crippen LogP contribution is -2.48. The summed E-state index contributed by atoms with van der Waals surface area (Å²) in [5.41, 5.74) is 0.0531. The minimum Gasteiger partial charge on any atom is -0.368 e. The van der Waals surface area contributed by atoms with E-state index in [-0.39, 0.29) is 10.8 Å². The molecule has 178 valence electrons. The summed E-state index contributed by atoms with van der Waals surface area (Å²) in [7, 11) is -3.65. The number of halogens is 3. The minimum absolute atomic E-state index is 0.109. The molecule has 0 N–H and O–H groups in total. The molecule has 0 spiro atoms. The maximum absolute atomic E-state index is 13.0. The maximum atomic E-state index is 13.0. The van der Waals surface area contributed by atoms with Crippen molar-refractivity contribution in [2.75, 3.05) is 44.2 Å². The highest BCUT2D eigenvalue weighted by molar-refractivity contribution is 7.89. The highest BCUT2D eigenvalue weighted by atomic mass is 32.2. The van der Waals surface area contributed by atoms with Gasteiger partial charge in [0.15, 0.2) is 0 Å². The summed E-state index contributed by atoms with van der Waals surface area (Å²) >= 11 is 0. The van der Waals surface area contributed by atoms with Crippen molar-refractivity contribution in [2.24, 2.45) is 0 Å². The van der Waals surface area contributed by atoms with Crippen LogP contribution in [-0.2, 0) is 16.2 Å². The van der Waals surface area contributed by atoms with Gasteiger partial charge in [0.05, 0.1) is 10.5 Å². The largest absolute Gasteiger partial charge is 0.416 e. The van der Waals surface area contributed by atoms with E-state index in [0.29, 0.717) is 50.5 Å². The van der Waals surface area contributed by atoms with Crippen LogP contribution in [0, 0.1) is 0 Å². The van der Waals surface area contributed by atoms with Crippen molar-refractivity contribution in [3.05, 3.63) is 59.7 Å². The monoisotopic (exact) mass is 481 g/mol. The zero-order valence-electron chi connectivity index (χ0n) is 18.1. The van der Waals surface area contributed by atoms with E-state index in [0.717, 1.165) is 31.4 Å². The number of benzene rings is 2. The van der Waals surface area contributed by atoms with Crippen molar-refractivity contribution in [1.29, 1.82) is 0 Å². The van der Waals surface area contributed by atoms with Gasteiger partial charge in [-0.1, -0.05) is 18.6 Å². The molecule has 0 aromatic heterocycles. The van der Waals surface area contributed by atoms with Gasteiger partial charge in [0.25, 0.3) is 5.91 Å². The van der Waals surface area contributed by atoms with Gasteiger partial charge < -0.3 is 9.80 Å². The molecule has 2 aromatic carbocycles. The second kappa shape index (κ2) is 9.34. The summed E-state index contributed by atoms with van der Waals surface area (Å²) in [5, 5.41) is 0. The van der Waals surface area contributed by atoms with Gasteiger partial charge in [-0.2, -0.15) is 17.5 Å². The zero-order valence-corrected chi connectivity index (χ0v) is 18.9. The van der Waals surface area contributed by atoms with E-state index in [2.05, 4.69) is 0 Å². The molecule has 0 radical (unpaired) electrons. The number of nitrogens with zero attached hydrogens (tertiary/aromatic N) is 3. The number of rotatable bonds is 4. The van der Waals surface area contributed by atoms with Crippen molar-refractivity contribution in [1.82, 2.24) is 9.21 Å². The number of piperidine rings is 1. The van der Waals surface area contributed by atoms with E-state index in [1.807, 2.05) is 4.90 Å². The molecule has 2 aliphatic rings. The Hall–Kier alpha value is -2.59. The average molecular weight is 482 g/mol. The maximum Gasteiger partial charge on any atom is 0.416 e. The molecule has 6 nitrogen and oxygen atoms in total. The standard InChI is InChI=1S/C23H26F3N3O3S/c24-23(25,26)19-7-5-8-20(17-19)27-12-14-28(15-13-27)22(30)18-6-4-9-21(16-18)33(31,32)29-10-2-1-3-11-29/h4-9,16-17H,1-3,10-15H2. The quantitative estimate of drug-likeness (QED) is 0.666. The molecule has 0 atom stereocenters. The van der Waals surface area contributed by atoms with E-state index in [1.165, 1.54) is 22.5 Å². The number of anilines is 1. The van der Waals surface area contributed by atoms with Gasteiger partial charge in [0.1, 0.15) is 0 Å². The van der Waals surface area contributed by atoms with Crippen LogP contribution >= 0.6 is 0 Å². The summed E-state index contributed by atoms with van der Waals surface area (Å²) in [4.78, 5) is 16.6. The zero-order chi connectivity index (χ0) is 23.6. The topological polar surface area (TPSA) is 60.9 Å². The van der Waals surface area contributed by atoms with Crippen LogP contribution < -0.4 is 4.90 Å². The van der Waals surface area contributed by atoms with Crippen LogP contribution in [0.5, 0.6) is 0 Å². The molecule has 2 aromatic rings. The fourth-order valence-electron chi connectivity index (χ4n) is 4.27. The average Bonchev–Trinajstić information content (AvgIpc) is 2.84. The Bertz CT molecular complexity index is 1110. The molecule has 33 heavy (non-hydrogen) atoms. The van der Waals surface area contributed by atoms with Gasteiger partial charge in [0.2, 0.25) is 10.0 Å². The van der Waals surface area contributed by atoms with Gasteiger partial charge in [-0.25, -0.2) is 8.42 Å². The van der Waals surface area contributed by atoms with Gasteiger partial charge >= 0.3 is 6.18 Å². The van der Waals surface area contributed by atoms with E-state index >= 15 is 0 Å². The number of amides is 1. The molecule has 10 heteroatoms. The molecule has 0 saturated carbocycles. The van der Waals surface area contributed by atoms with E-state index in [9.17, 15) is 26.4 Å². The summed E-state index contributed by atoms with van der Waals surface area (Å²) in [5.74, 6) is -0.283. The van der Waals surface area contributed by atoms with Gasteiger partial charge in [0, 0.05) is 50.5 Å². The van der Waals surface area contributed by atoms with Crippen molar-refractivity contribution < 1.29 is 26.4 Å². The van der Waals surface area contributed by atoms with E-state index in [4.69, 9.17) is 0 Å². The third kappa shape index (κ3) is 5.16. The number of carbonyl (C=O) groups is 1. The lowest BCUT2D eigenvalue weighted by atomic mass is 10.1. The molecule has 0 bridgehead atoms. The lowest BCUT2D eigenvalue weighted by Gasteiger charge is -2.36. The lowest BCUT2D eigenvalue weighted by molar-refractivity contribution is -0.137. The molecule has 2 heterocycles. The van der Waals surface area contributed by atoms with Crippen LogP contribution in [0.4, 0.5) is 18.9 Å². The van der Waals surface area contributed by atoms with Gasteiger partial charge in [-0.3, -0.25) is 4.79 Å². The minimum atomic E-state index is -4.41. The molecule has 0 unspecified atom stereocenters.